The summed E-state index contributed by atoms with van der Waals surface area (Å²) in [6.45, 7) is 0.0337. The van der Waals surface area contributed by atoms with Crippen LogP contribution in [0.4, 0.5) is 8.78 Å². The molecule has 9 heteroatoms. The fraction of sp³-hybridized carbons (Fsp3) is 0.0588. The maximum atomic E-state index is 13.8. The van der Waals surface area contributed by atoms with Crippen LogP contribution in [0.2, 0.25) is 0 Å². The Morgan fingerprint density at radius 2 is 2.08 bits per heavy atom. The van der Waals surface area contributed by atoms with Gasteiger partial charge in [-0.05, 0) is 12.1 Å². The van der Waals surface area contributed by atoms with Crippen molar-refractivity contribution in [1.29, 1.82) is 0 Å². The average molecular weight is 357 g/mol. The molecule has 0 aliphatic rings. The van der Waals surface area contributed by atoms with Gasteiger partial charge >= 0.3 is 0 Å². The van der Waals surface area contributed by atoms with Crippen molar-refractivity contribution in [3.05, 3.63) is 87.9 Å². The summed E-state index contributed by atoms with van der Waals surface area (Å²) in [5, 5.41) is 3.78. The summed E-state index contributed by atoms with van der Waals surface area (Å²) in [7, 11) is 0. The van der Waals surface area contributed by atoms with Gasteiger partial charge in [0.25, 0.3) is 5.56 Å². The van der Waals surface area contributed by atoms with Gasteiger partial charge in [0.15, 0.2) is 5.82 Å². The Labute approximate surface area is 145 Å². The van der Waals surface area contributed by atoms with Crippen LogP contribution in [0.15, 0.2) is 63.2 Å². The molecule has 3 aromatic rings. The van der Waals surface area contributed by atoms with Crippen LogP contribution in [-0.2, 0) is 6.54 Å². The van der Waals surface area contributed by atoms with Gasteiger partial charge in [0, 0.05) is 11.6 Å². The number of allylic oxidation sites excluding steroid dienone is 1. The lowest BCUT2D eigenvalue weighted by atomic mass is 10.2. The van der Waals surface area contributed by atoms with E-state index in [1.165, 1.54) is 18.4 Å². The first-order valence-corrected chi connectivity index (χ1v) is 7.45. The van der Waals surface area contributed by atoms with Crippen molar-refractivity contribution in [2.75, 3.05) is 0 Å². The number of aromatic amines is 1. The highest BCUT2D eigenvalue weighted by atomic mass is 19.1. The topological polar surface area (TPSA) is 110 Å². The molecule has 26 heavy (non-hydrogen) atoms. The van der Waals surface area contributed by atoms with Crippen molar-refractivity contribution in [2.24, 2.45) is 10.7 Å². The van der Waals surface area contributed by atoms with Crippen molar-refractivity contribution in [1.82, 2.24) is 15.1 Å². The molecule has 0 aliphatic heterocycles. The predicted octanol–water partition coefficient (Wildman–Crippen LogP) is 2.03. The van der Waals surface area contributed by atoms with Gasteiger partial charge in [0.2, 0.25) is 5.82 Å². The van der Waals surface area contributed by atoms with E-state index in [2.05, 4.69) is 20.1 Å². The summed E-state index contributed by atoms with van der Waals surface area (Å²) >= 11 is 0. The zero-order valence-electron chi connectivity index (χ0n) is 13.3. The standard InChI is InChI=1S/C17H13F2N5O2/c18-11-4-2-1-3-10(11)8-21-15(14-5-6-26-24-14)7-13(20)16-22-9-12(19)17(25)23-16/h1-7,9H,8,20H2,(H,22,23,25)/b13-7-,21-15?. The van der Waals surface area contributed by atoms with Gasteiger partial charge in [-0.2, -0.15) is 4.39 Å². The van der Waals surface area contributed by atoms with Gasteiger partial charge in [-0.25, -0.2) is 9.37 Å². The lowest BCUT2D eigenvalue weighted by Crippen LogP contribution is -2.17. The number of hydrogen-bond donors (Lipinski definition) is 2. The Kier molecular flexibility index (Phi) is 4.97. The van der Waals surface area contributed by atoms with Gasteiger partial charge < -0.3 is 15.2 Å². The number of halogens is 2. The van der Waals surface area contributed by atoms with E-state index in [-0.39, 0.29) is 23.8 Å². The Morgan fingerprint density at radius 1 is 1.27 bits per heavy atom. The van der Waals surface area contributed by atoms with Crippen molar-refractivity contribution < 1.29 is 13.3 Å². The van der Waals surface area contributed by atoms with Crippen LogP contribution in [0.25, 0.3) is 5.70 Å². The van der Waals surface area contributed by atoms with Gasteiger partial charge in [0.05, 0.1) is 24.2 Å². The number of H-pyrrole nitrogens is 1. The minimum Gasteiger partial charge on any atom is -0.396 e. The molecule has 7 nitrogen and oxygen atoms in total. The number of nitrogens with two attached hydrogens (primary N) is 1. The Bertz CT molecular complexity index is 1030. The highest BCUT2D eigenvalue weighted by molar-refractivity contribution is 6.10. The minimum absolute atomic E-state index is 0.0254. The molecule has 0 aliphatic carbocycles. The molecule has 0 unspecified atom stereocenters. The zero-order valence-corrected chi connectivity index (χ0v) is 13.3. The van der Waals surface area contributed by atoms with E-state index in [0.29, 0.717) is 11.3 Å². The van der Waals surface area contributed by atoms with Crippen molar-refractivity contribution in [3.63, 3.8) is 0 Å². The molecule has 2 heterocycles. The average Bonchev–Trinajstić information content (AvgIpc) is 3.16. The van der Waals surface area contributed by atoms with Gasteiger partial charge in [-0.1, -0.05) is 23.4 Å². The first-order chi connectivity index (χ1) is 12.5. The van der Waals surface area contributed by atoms with E-state index in [4.69, 9.17) is 10.3 Å². The second-order valence-electron chi connectivity index (χ2n) is 5.19. The molecule has 0 saturated carbocycles. The molecule has 0 bridgehead atoms. The van der Waals surface area contributed by atoms with E-state index >= 15 is 0 Å². The van der Waals surface area contributed by atoms with Crippen molar-refractivity contribution in [3.8, 4) is 0 Å². The molecule has 0 atom stereocenters. The van der Waals surface area contributed by atoms with Gasteiger partial charge in [-0.3, -0.25) is 9.79 Å². The third kappa shape index (κ3) is 3.89. The fourth-order valence-corrected chi connectivity index (χ4v) is 2.08. The Morgan fingerprint density at radius 3 is 2.77 bits per heavy atom. The smallest absolute Gasteiger partial charge is 0.287 e. The minimum atomic E-state index is -1.02. The van der Waals surface area contributed by atoms with E-state index in [1.54, 1.807) is 24.3 Å². The Balaban J connectivity index is 1.96. The molecule has 3 rings (SSSR count). The first kappa shape index (κ1) is 17.2. The van der Waals surface area contributed by atoms with E-state index in [9.17, 15) is 13.6 Å². The number of hydrogen-bond acceptors (Lipinski definition) is 6. The monoisotopic (exact) mass is 357 g/mol. The number of aliphatic imine (C=N–C) groups is 1. The Hall–Kier alpha value is -3.62. The number of nitrogens with zero attached hydrogens (tertiary/aromatic N) is 3. The zero-order chi connectivity index (χ0) is 18.5. The lowest BCUT2D eigenvalue weighted by Gasteiger charge is -2.03. The summed E-state index contributed by atoms with van der Waals surface area (Å²) in [4.78, 5) is 21.6. The maximum Gasteiger partial charge on any atom is 0.287 e. The van der Waals surface area contributed by atoms with Gasteiger partial charge in [-0.15, -0.1) is 0 Å². The van der Waals surface area contributed by atoms with Crippen LogP contribution in [0.5, 0.6) is 0 Å². The molecular formula is C17H13F2N5O2. The molecule has 0 radical (unpaired) electrons. The highest BCUT2D eigenvalue weighted by Crippen LogP contribution is 2.11. The molecule has 132 valence electrons. The predicted molar refractivity (Wildman–Crippen MR) is 90.1 cm³/mol. The second kappa shape index (κ2) is 7.51. The summed E-state index contributed by atoms with van der Waals surface area (Å²) in [5.74, 6) is -1.44. The molecule has 0 spiro atoms. The van der Waals surface area contributed by atoms with Crippen LogP contribution in [-0.4, -0.2) is 20.8 Å². The van der Waals surface area contributed by atoms with E-state index in [1.807, 2.05) is 0 Å². The second-order valence-corrected chi connectivity index (χ2v) is 5.19. The molecule has 0 saturated heterocycles. The van der Waals surface area contributed by atoms with Crippen molar-refractivity contribution >= 4 is 11.4 Å². The first-order valence-electron chi connectivity index (χ1n) is 7.45. The normalized spacial score (nSPS) is 12.4. The van der Waals surface area contributed by atoms with E-state index in [0.717, 1.165) is 6.20 Å². The summed E-state index contributed by atoms with van der Waals surface area (Å²) in [5.41, 5.74) is 6.01. The SMILES string of the molecule is N/C(=C\C(=NCc1ccccc1F)c1ccon1)c1ncc(F)c(=O)[nH]1. The third-order valence-corrected chi connectivity index (χ3v) is 3.40. The lowest BCUT2D eigenvalue weighted by molar-refractivity contribution is 0.418. The molecule has 0 amide bonds. The maximum absolute atomic E-state index is 13.8. The molecule has 2 aromatic heterocycles. The summed E-state index contributed by atoms with van der Waals surface area (Å²) in [6, 6.07) is 7.75. The van der Waals surface area contributed by atoms with Crippen LogP contribution < -0.4 is 11.3 Å². The van der Waals surface area contributed by atoms with Crippen molar-refractivity contribution in [2.45, 2.75) is 6.54 Å². The quantitative estimate of drug-likeness (QED) is 0.679. The largest absolute Gasteiger partial charge is 0.396 e. The van der Waals surface area contributed by atoms with Crippen LogP contribution >= 0.6 is 0 Å². The van der Waals surface area contributed by atoms with Crippen LogP contribution in [0, 0.1) is 11.6 Å². The van der Waals surface area contributed by atoms with Crippen LogP contribution in [0.1, 0.15) is 17.1 Å². The summed E-state index contributed by atoms with van der Waals surface area (Å²) in [6.07, 6.45) is 3.49. The fourth-order valence-electron chi connectivity index (χ4n) is 2.08. The number of aromatic nitrogens is 3. The summed E-state index contributed by atoms with van der Waals surface area (Å²) < 4.78 is 31.6. The highest BCUT2D eigenvalue weighted by Gasteiger charge is 2.10. The molecular weight excluding hydrogens is 344 g/mol. The molecule has 3 N–H and O–H groups in total. The molecule has 0 fully saturated rings. The third-order valence-electron chi connectivity index (χ3n) is 3.40. The van der Waals surface area contributed by atoms with E-state index < -0.39 is 17.2 Å². The molecule has 1 aromatic carbocycles. The number of nitrogens with one attached hydrogen (secondary N) is 1. The van der Waals surface area contributed by atoms with Crippen LogP contribution in [0.3, 0.4) is 0 Å². The van der Waals surface area contributed by atoms with Gasteiger partial charge in [0.1, 0.15) is 17.8 Å². The number of rotatable bonds is 5. The number of benzene rings is 1.